The highest BCUT2D eigenvalue weighted by molar-refractivity contribution is 7.16. The fourth-order valence-electron chi connectivity index (χ4n) is 0.434. The Morgan fingerprint density at radius 1 is 1.78 bits per heavy atom. The summed E-state index contributed by atoms with van der Waals surface area (Å²) in [4.78, 5) is 4.74. The largest absolute Gasteiger partial charge is 0.232 e. The second-order valence-electron chi connectivity index (χ2n) is 1.35. The molecule has 0 aromatic carbocycles. The van der Waals surface area contributed by atoms with Crippen molar-refractivity contribution in [3.8, 4) is 11.8 Å². The molecule has 0 spiro atoms. The molecule has 1 aromatic rings. The van der Waals surface area contributed by atoms with Gasteiger partial charge in [0, 0.05) is 0 Å². The van der Waals surface area contributed by atoms with Crippen molar-refractivity contribution in [1.82, 2.24) is 4.98 Å². The number of nitrogens with zero attached hydrogens (tertiary/aromatic N) is 1. The van der Waals surface area contributed by atoms with Crippen LogP contribution in [0.3, 0.4) is 0 Å². The van der Waals surface area contributed by atoms with Crippen LogP contribution in [0.5, 0.6) is 0 Å². The van der Waals surface area contributed by atoms with Crippen LogP contribution < -0.4 is 0 Å². The van der Waals surface area contributed by atoms with E-state index in [1.54, 1.807) is 13.1 Å². The van der Waals surface area contributed by atoms with E-state index in [0.29, 0.717) is 4.47 Å². The number of aromatic nitrogens is 1. The third-order valence-electron chi connectivity index (χ3n) is 0.726. The average Bonchev–Trinajstić information content (AvgIpc) is 2.17. The molecule has 0 atom stereocenters. The Bertz CT molecular complexity index is 256. The van der Waals surface area contributed by atoms with Crippen molar-refractivity contribution >= 4 is 22.9 Å². The number of halogens is 1. The third-order valence-corrected chi connectivity index (χ3v) is 1.76. The summed E-state index contributed by atoms with van der Waals surface area (Å²) in [5, 5.41) is 0. The molecule has 0 N–H and O–H groups in total. The molecule has 0 amide bonds. The van der Waals surface area contributed by atoms with Gasteiger partial charge in [-0.25, -0.2) is 4.98 Å². The minimum absolute atomic E-state index is 0.549. The molecule has 1 rings (SSSR count). The predicted molar refractivity (Wildman–Crippen MR) is 39.7 cm³/mol. The van der Waals surface area contributed by atoms with E-state index >= 15 is 0 Å². The minimum Gasteiger partial charge on any atom is -0.232 e. The monoisotopic (exact) mass is 157 g/mol. The first-order chi connectivity index (χ1) is 4.33. The van der Waals surface area contributed by atoms with Crippen LogP contribution in [0.25, 0.3) is 0 Å². The first kappa shape index (κ1) is 6.60. The maximum Gasteiger partial charge on any atom is 0.184 e. The zero-order valence-corrected chi connectivity index (χ0v) is 6.38. The highest BCUT2D eigenvalue weighted by Crippen LogP contribution is 2.15. The van der Waals surface area contributed by atoms with Crippen molar-refractivity contribution < 1.29 is 0 Å². The van der Waals surface area contributed by atoms with Gasteiger partial charge in [0.15, 0.2) is 4.47 Å². The number of rotatable bonds is 0. The van der Waals surface area contributed by atoms with Gasteiger partial charge in [0.2, 0.25) is 0 Å². The van der Waals surface area contributed by atoms with Gasteiger partial charge in [-0.2, -0.15) is 0 Å². The number of thiazole rings is 1. The smallest absolute Gasteiger partial charge is 0.184 e. The lowest BCUT2D eigenvalue weighted by molar-refractivity contribution is 1.42. The van der Waals surface area contributed by atoms with Crippen molar-refractivity contribution in [3.63, 3.8) is 0 Å². The van der Waals surface area contributed by atoms with Crippen molar-refractivity contribution in [2.45, 2.75) is 6.92 Å². The maximum atomic E-state index is 5.54. The van der Waals surface area contributed by atoms with E-state index in [1.165, 1.54) is 11.3 Å². The van der Waals surface area contributed by atoms with Crippen LogP contribution in [0.2, 0.25) is 4.47 Å². The van der Waals surface area contributed by atoms with Crippen LogP contribution in [0, 0.1) is 11.8 Å². The van der Waals surface area contributed by atoms with Crippen LogP contribution in [0.15, 0.2) is 6.20 Å². The zero-order chi connectivity index (χ0) is 6.69. The Morgan fingerprint density at radius 3 is 3.00 bits per heavy atom. The Kier molecular flexibility index (Phi) is 2.10. The average molecular weight is 158 g/mol. The molecular formula is C6H4ClNS. The minimum atomic E-state index is 0.549. The molecule has 46 valence electrons. The van der Waals surface area contributed by atoms with E-state index in [-0.39, 0.29) is 0 Å². The topological polar surface area (TPSA) is 12.9 Å². The summed E-state index contributed by atoms with van der Waals surface area (Å²) >= 11 is 6.93. The summed E-state index contributed by atoms with van der Waals surface area (Å²) < 4.78 is 0.549. The zero-order valence-electron chi connectivity index (χ0n) is 4.81. The third kappa shape index (κ3) is 1.70. The highest BCUT2D eigenvalue weighted by atomic mass is 35.5. The molecule has 0 unspecified atom stereocenters. The number of hydrogen-bond donors (Lipinski definition) is 0. The SMILES string of the molecule is CC#Cc1cnc(Cl)s1. The molecule has 1 aromatic heterocycles. The van der Waals surface area contributed by atoms with Gasteiger partial charge in [-0.05, 0) is 6.92 Å². The van der Waals surface area contributed by atoms with E-state index in [2.05, 4.69) is 16.8 Å². The predicted octanol–water partition coefficient (Wildman–Crippen LogP) is 2.17. The van der Waals surface area contributed by atoms with Gasteiger partial charge < -0.3 is 0 Å². The van der Waals surface area contributed by atoms with Gasteiger partial charge >= 0.3 is 0 Å². The first-order valence-electron chi connectivity index (χ1n) is 2.37. The van der Waals surface area contributed by atoms with Crippen molar-refractivity contribution in [2.24, 2.45) is 0 Å². The lowest BCUT2D eigenvalue weighted by atomic mass is 10.5. The Labute approximate surface area is 62.7 Å². The molecule has 3 heteroatoms. The van der Waals surface area contributed by atoms with E-state index in [1.807, 2.05) is 0 Å². The van der Waals surface area contributed by atoms with Crippen molar-refractivity contribution in [2.75, 3.05) is 0 Å². The molecule has 0 saturated carbocycles. The van der Waals surface area contributed by atoms with Crippen LogP contribution in [0.4, 0.5) is 0 Å². The normalized spacial score (nSPS) is 8.22. The molecule has 0 aliphatic rings. The Morgan fingerprint density at radius 2 is 2.56 bits per heavy atom. The van der Waals surface area contributed by atoms with Crippen molar-refractivity contribution in [3.05, 3.63) is 15.5 Å². The van der Waals surface area contributed by atoms with Crippen molar-refractivity contribution in [1.29, 1.82) is 0 Å². The summed E-state index contributed by atoms with van der Waals surface area (Å²) in [6.07, 6.45) is 1.67. The lowest BCUT2D eigenvalue weighted by Gasteiger charge is -1.68. The Balaban J connectivity index is 2.93. The maximum absolute atomic E-state index is 5.54. The molecule has 0 fully saturated rings. The quantitative estimate of drug-likeness (QED) is 0.526. The number of hydrogen-bond acceptors (Lipinski definition) is 2. The fraction of sp³-hybridized carbons (Fsp3) is 0.167. The van der Waals surface area contributed by atoms with E-state index < -0.39 is 0 Å². The van der Waals surface area contributed by atoms with Gasteiger partial charge in [-0.15, -0.1) is 5.92 Å². The van der Waals surface area contributed by atoms with Gasteiger partial charge in [-0.1, -0.05) is 28.9 Å². The van der Waals surface area contributed by atoms with Crippen LogP contribution in [-0.2, 0) is 0 Å². The summed E-state index contributed by atoms with van der Waals surface area (Å²) in [5.41, 5.74) is 0. The molecule has 0 radical (unpaired) electrons. The molecule has 1 heterocycles. The highest BCUT2D eigenvalue weighted by Gasteiger charge is 1.92. The summed E-state index contributed by atoms with van der Waals surface area (Å²) in [6.45, 7) is 1.79. The molecule has 0 aliphatic heterocycles. The van der Waals surface area contributed by atoms with Crippen LogP contribution in [0.1, 0.15) is 11.8 Å². The summed E-state index contributed by atoms with van der Waals surface area (Å²) in [5.74, 6) is 5.61. The molecule has 0 aliphatic carbocycles. The van der Waals surface area contributed by atoms with Gasteiger partial charge in [-0.3, -0.25) is 0 Å². The van der Waals surface area contributed by atoms with Crippen LogP contribution in [-0.4, -0.2) is 4.98 Å². The molecule has 0 bridgehead atoms. The van der Waals surface area contributed by atoms with Gasteiger partial charge in [0.1, 0.15) is 0 Å². The molecule has 1 nitrogen and oxygen atoms in total. The van der Waals surface area contributed by atoms with E-state index in [9.17, 15) is 0 Å². The first-order valence-corrected chi connectivity index (χ1v) is 3.56. The summed E-state index contributed by atoms with van der Waals surface area (Å²) in [7, 11) is 0. The van der Waals surface area contributed by atoms with E-state index in [0.717, 1.165) is 4.88 Å². The molecular weight excluding hydrogens is 154 g/mol. The molecule has 0 saturated heterocycles. The van der Waals surface area contributed by atoms with Crippen LogP contribution >= 0.6 is 22.9 Å². The fourth-order valence-corrected chi connectivity index (χ4v) is 1.28. The standard InChI is InChI=1S/C6H4ClNS/c1-2-3-5-4-8-6(7)9-5/h4H,1H3. The van der Waals surface area contributed by atoms with E-state index in [4.69, 9.17) is 11.6 Å². The lowest BCUT2D eigenvalue weighted by Crippen LogP contribution is -1.56. The van der Waals surface area contributed by atoms with Gasteiger partial charge in [0.25, 0.3) is 0 Å². The second kappa shape index (κ2) is 2.86. The molecule has 9 heavy (non-hydrogen) atoms. The summed E-state index contributed by atoms with van der Waals surface area (Å²) in [6, 6.07) is 0. The van der Waals surface area contributed by atoms with Gasteiger partial charge in [0.05, 0.1) is 11.1 Å². The second-order valence-corrected chi connectivity index (χ2v) is 2.97. The Hall–Kier alpha value is -0.520.